The summed E-state index contributed by atoms with van der Waals surface area (Å²) in [6, 6.07) is 11.7. The Morgan fingerprint density at radius 1 is 1.11 bits per heavy atom. The Balaban J connectivity index is 1.60. The quantitative estimate of drug-likeness (QED) is 0.797. The van der Waals surface area contributed by atoms with E-state index in [1.807, 2.05) is 24.3 Å². The molecule has 2 aromatic rings. The fourth-order valence-electron chi connectivity index (χ4n) is 3.45. The first-order valence-corrected chi connectivity index (χ1v) is 9.39. The van der Waals surface area contributed by atoms with E-state index in [2.05, 4.69) is 10.6 Å². The number of rotatable bonds is 4. The number of benzene rings is 2. The first-order valence-electron chi connectivity index (χ1n) is 8.64. The SMILES string of the molecule is COc1ccc(CN2CC3=C(C2=O)[C@@H](c2ccc(Cl)c(Cl)c2)NC(=O)N3)cc1. The fourth-order valence-corrected chi connectivity index (χ4v) is 3.76. The highest BCUT2D eigenvalue weighted by Gasteiger charge is 2.40. The number of ether oxygens (including phenoxy) is 1. The lowest BCUT2D eigenvalue weighted by Gasteiger charge is -2.25. The van der Waals surface area contributed by atoms with E-state index >= 15 is 0 Å². The summed E-state index contributed by atoms with van der Waals surface area (Å²) < 4.78 is 5.17. The van der Waals surface area contributed by atoms with Crippen LogP contribution in [0.15, 0.2) is 53.7 Å². The van der Waals surface area contributed by atoms with Gasteiger partial charge in [0, 0.05) is 6.54 Å². The lowest BCUT2D eigenvalue weighted by molar-refractivity contribution is -0.126. The molecule has 1 atom stereocenters. The molecule has 0 aliphatic carbocycles. The molecule has 0 saturated heterocycles. The summed E-state index contributed by atoms with van der Waals surface area (Å²) in [5, 5.41) is 6.35. The largest absolute Gasteiger partial charge is 0.497 e. The molecule has 3 amide bonds. The van der Waals surface area contributed by atoms with Crippen LogP contribution < -0.4 is 15.4 Å². The number of urea groups is 1. The van der Waals surface area contributed by atoms with Crippen LogP contribution in [-0.2, 0) is 11.3 Å². The Hall–Kier alpha value is -2.70. The van der Waals surface area contributed by atoms with Crippen LogP contribution in [0.4, 0.5) is 4.79 Å². The van der Waals surface area contributed by atoms with E-state index in [0.717, 1.165) is 11.3 Å². The minimum atomic E-state index is -0.577. The van der Waals surface area contributed by atoms with Gasteiger partial charge in [0.2, 0.25) is 0 Å². The van der Waals surface area contributed by atoms with Crippen molar-refractivity contribution < 1.29 is 14.3 Å². The van der Waals surface area contributed by atoms with Gasteiger partial charge in [0.25, 0.3) is 5.91 Å². The molecule has 0 spiro atoms. The molecule has 2 aliphatic heterocycles. The van der Waals surface area contributed by atoms with E-state index in [-0.39, 0.29) is 11.9 Å². The van der Waals surface area contributed by atoms with Gasteiger partial charge < -0.3 is 20.3 Å². The molecule has 8 heteroatoms. The number of carbonyl (C=O) groups excluding carboxylic acids is 2. The summed E-state index contributed by atoms with van der Waals surface area (Å²) in [5.41, 5.74) is 2.81. The third kappa shape index (κ3) is 3.41. The second kappa shape index (κ2) is 7.37. The zero-order chi connectivity index (χ0) is 19.8. The summed E-state index contributed by atoms with van der Waals surface area (Å²) in [6.07, 6.45) is 0. The van der Waals surface area contributed by atoms with Gasteiger partial charge in [0.1, 0.15) is 5.75 Å². The summed E-state index contributed by atoms with van der Waals surface area (Å²) in [7, 11) is 1.61. The van der Waals surface area contributed by atoms with Gasteiger partial charge in [-0.2, -0.15) is 0 Å². The normalized spacial score (nSPS) is 18.7. The Morgan fingerprint density at radius 3 is 2.54 bits per heavy atom. The minimum Gasteiger partial charge on any atom is -0.497 e. The average Bonchev–Trinajstić information content (AvgIpc) is 2.99. The lowest BCUT2D eigenvalue weighted by Crippen LogP contribution is -2.44. The molecule has 2 aromatic carbocycles. The van der Waals surface area contributed by atoms with E-state index in [9.17, 15) is 9.59 Å². The highest BCUT2D eigenvalue weighted by molar-refractivity contribution is 6.42. The molecule has 0 unspecified atom stereocenters. The molecule has 0 aromatic heterocycles. The minimum absolute atomic E-state index is 0.130. The number of methoxy groups -OCH3 is 1. The van der Waals surface area contributed by atoms with Crippen LogP contribution in [0.1, 0.15) is 17.2 Å². The number of carbonyl (C=O) groups is 2. The van der Waals surface area contributed by atoms with Gasteiger partial charge in [-0.25, -0.2) is 4.79 Å². The van der Waals surface area contributed by atoms with Crippen LogP contribution in [0.3, 0.4) is 0 Å². The smallest absolute Gasteiger partial charge is 0.319 e. The molecule has 0 saturated carbocycles. The van der Waals surface area contributed by atoms with Gasteiger partial charge in [-0.3, -0.25) is 4.79 Å². The molecular weight excluding hydrogens is 401 g/mol. The highest BCUT2D eigenvalue weighted by atomic mass is 35.5. The van der Waals surface area contributed by atoms with Crippen LogP contribution in [0.25, 0.3) is 0 Å². The molecule has 6 nitrogen and oxygen atoms in total. The highest BCUT2D eigenvalue weighted by Crippen LogP contribution is 2.35. The van der Waals surface area contributed by atoms with Crippen molar-refractivity contribution in [1.82, 2.24) is 15.5 Å². The van der Waals surface area contributed by atoms with Crippen molar-refractivity contribution in [3.05, 3.63) is 74.9 Å². The van der Waals surface area contributed by atoms with Gasteiger partial charge in [-0.1, -0.05) is 41.4 Å². The summed E-state index contributed by atoms with van der Waals surface area (Å²) in [4.78, 5) is 26.9. The number of hydrogen-bond acceptors (Lipinski definition) is 3. The molecule has 0 bridgehead atoms. The maximum Gasteiger partial charge on any atom is 0.319 e. The van der Waals surface area contributed by atoms with Gasteiger partial charge in [0.05, 0.1) is 41.0 Å². The van der Waals surface area contributed by atoms with Gasteiger partial charge in [0.15, 0.2) is 0 Å². The number of amides is 3. The molecule has 28 heavy (non-hydrogen) atoms. The monoisotopic (exact) mass is 417 g/mol. The predicted octanol–water partition coefficient (Wildman–Crippen LogP) is 3.65. The maximum absolute atomic E-state index is 13.1. The molecule has 0 fully saturated rings. The van der Waals surface area contributed by atoms with Gasteiger partial charge in [-0.05, 0) is 35.4 Å². The third-order valence-electron chi connectivity index (χ3n) is 4.83. The van der Waals surface area contributed by atoms with Gasteiger partial charge in [-0.15, -0.1) is 0 Å². The Kier molecular flexibility index (Phi) is 4.91. The summed E-state index contributed by atoms with van der Waals surface area (Å²) in [6.45, 7) is 0.769. The Bertz CT molecular complexity index is 989. The van der Waals surface area contributed by atoms with Crippen molar-refractivity contribution in [3.63, 3.8) is 0 Å². The van der Waals surface area contributed by atoms with Crippen molar-refractivity contribution in [2.75, 3.05) is 13.7 Å². The predicted molar refractivity (Wildman–Crippen MR) is 106 cm³/mol. The standard InChI is InChI=1S/C20H17Cl2N3O3/c1-28-13-5-2-11(3-6-13)9-25-10-16-17(19(25)26)18(24-20(27)23-16)12-4-7-14(21)15(22)8-12/h2-8,18H,9-10H2,1H3,(H2,23,24,27)/t18-/m1/s1. The zero-order valence-corrected chi connectivity index (χ0v) is 16.5. The van der Waals surface area contributed by atoms with E-state index in [1.165, 1.54) is 0 Å². The van der Waals surface area contributed by atoms with Crippen LogP contribution in [0.2, 0.25) is 10.0 Å². The van der Waals surface area contributed by atoms with E-state index < -0.39 is 6.04 Å². The fraction of sp³-hybridized carbons (Fsp3) is 0.200. The zero-order valence-electron chi connectivity index (χ0n) is 15.0. The van der Waals surface area contributed by atoms with Crippen LogP contribution >= 0.6 is 23.2 Å². The van der Waals surface area contributed by atoms with E-state index in [4.69, 9.17) is 27.9 Å². The topological polar surface area (TPSA) is 70.7 Å². The molecule has 2 N–H and O–H groups in total. The molecule has 4 rings (SSSR count). The number of hydrogen-bond donors (Lipinski definition) is 2. The van der Waals surface area contributed by atoms with E-state index in [1.54, 1.807) is 30.2 Å². The average molecular weight is 418 g/mol. The number of halogens is 2. The number of nitrogens with one attached hydrogen (secondary N) is 2. The second-order valence-electron chi connectivity index (χ2n) is 6.61. The van der Waals surface area contributed by atoms with Crippen molar-refractivity contribution in [2.45, 2.75) is 12.6 Å². The third-order valence-corrected chi connectivity index (χ3v) is 5.57. The Morgan fingerprint density at radius 2 is 1.86 bits per heavy atom. The van der Waals surface area contributed by atoms with Crippen LogP contribution in [-0.4, -0.2) is 30.5 Å². The molecular formula is C20H17Cl2N3O3. The molecule has 2 aliphatic rings. The second-order valence-corrected chi connectivity index (χ2v) is 7.42. The van der Waals surface area contributed by atoms with Crippen molar-refractivity contribution in [3.8, 4) is 5.75 Å². The summed E-state index contributed by atoms with van der Waals surface area (Å²) >= 11 is 12.1. The van der Waals surface area contributed by atoms with E-state index in [0.29, 0.717) is 40.0 Å². The molecule has 0 radical (unpaired) electrons. The van der Waals surface area contributed by atoms with Crippen molar-refractivity contribution in [2.24, 2.45) is 0 Å². The first-order chi connectivity index (χ1) is 13.5. The molecule has 2 heterocycles. The van der Waals surface area contributed by atoms with Crippen molar-refractivity contribution >= 4 is 35.1 Å². The van der Waals surface area contributed by atoms with Crippen molar-refractivity contribution in [1.29, 1.82) is 0 Å². The lowest BCUT2D eigenvalue weighted by atomic mass is 9.96. The number of nitrogens with zero attached hydrogens (tertiary/aromatic N) is 1. The first kappa shape index (κ1) is 18.7. The molecule has 144 valence electrons. The maximum atomic E-state index is 13.1. The van der Waals surface area contributed by atoms with Crippen LogP contribution in [0.5, 0.6) is 5.75 Å². The summed E-state index contributed by atoms with van der Waals surface area (Å²) in [5.74, 6) is 0.624. The van der Waals surface area contributed by atoms with Gasteiger partial charge >= 0.3 is 6.03 Å². The van der Waals surface area contributed by atoms with Crippen LogP contribution in [0, 0.1) is 0 Å². The Labute approximate surface area is 172 Å².